The number of carbonyl (C=O) groups is 1. The number of carbonyl (C=O) groups excluding carboxylic acids is 1. The highest BCUT2D eigenvalue weighted by atomic mass is 32.1. The van der Waals surface area contributed by atoms with Crippen LogP contribution in [-0.2, 0) is 4.79 Å². The number of anilines is 1. The van der Waals surface area contributed by atoms with Crippen LogP contribution in [0.1, 0.15) is 19.4 Å². The van der Waals surface area contributed by atoms with Crippen LogP contribution >= 0.6 is 12.2 Å². The maximum atomic E-state index is 11.7. The van der Waals surface area contributed by atoms with E-state index in [0.29, 0.717) is 5.11 Å². The van der Waals surface area contributed by atoms with Gasteiger partial charge in [-0.1, -0.05) is 17.7 Å². The number of rotatable bonds is 1. The molecular weight excluding hydrogens is 220 g/mol. The summed E-state index contributed by atoms with van der Waals surface area (Å²) < 4.78 is 0. The van der Waals surface area contributed by atoms with Gasteiger partial charge in [0.15, 0.2) is 5.11 Å². The number of hydrogen-bond acceptors (Lipinski definition) is 2. The minimum atomic E-state index is -0.619. The van der Waals surface area contributed by atoms with Gasteiger partial charge in [-0.05, 0) is 45.1 Å². The molecule has 0 aliphatic carbocycles. The van der Waals surface area contributed by atoms with Gasteiger partial charge in [0.05, 0.1) is 0 Å². The second-order valence-corrected chi connectivity index (χ2v) is 4.88. The Morgan fingerprint density at radius 2 is 1.81 bits per heavy atom. The largest absolute Gasteiger partial charge is 0.304 e. The van der Waals surface area contributed by atoms with E-state index in [-0.39, 0.29) is 5.91 Å². The van der Waals surface area contributed by atoms with Crippen LogP contribution in [0, 0.1) is 6.92 Å². The first-order valence-electron chi connectivity index (χ1n) is 5.15. The van der Waals surface area contributed by atoms with Gasteiger partial charge in [-0.3, -0.25) is 4.79 Å². The standard InChI is InChI=1S/C12H14N2OS/c1-8-4-6-9(7-5-8)14-11(16)13-10(15)12(14,2)3/h4-7H,1-3H3,(H,13,15,16). The Labute approximate surface area is 100 Å². The van der Waals surface area contributed by atoms with E-state index in [1.165, 1.54) is 5.56 Å². The van der Waals surface area contributed by atoms with Crippen LogP contribution in [0.2, 0.25) is 0 Å². The zero-order valence-corrected chi connectivity index (χ0v) is 10.4. The summed E-state index contributed by atoms with van der Waals surface area (Å²) in [5, 5.41) is 3.16. The zero-order valence-electron chi connectivity index (χ0n) is 9.57. The molecule has 0 aromatic heterocycles. The fraction of sp³-hybridized carbons (Fsp3) is 0.333. The highest BCUT2D eigenvalue weighted by molar-refractivity contribution is 7.80. The van der Waals surface area contributed by atoms with Crippen molar-refractivity contribution in [1.82, 2.24) is 5.32 Å². The predicted molar refractivity (Wildman–Crippen MR) is 68.5 cm³/mol. The van der Waals surface area contributed by atoms with E-state index in [1.807, 2.05) is 49.9 Å². The number of benzene rings is 1. The van der Waals surface area contributed by atoms with E-state index in [2.05, 4.69) is 5.32 Å². The van der Waals surface area contributed by atoms with Crippen molar-refractivity contribution in [2.24, 2.45) is 0 Å². The summed E-state index contributed by atoms with van der Waals surface area (Å²) in [5.74, 6) is -0.0573. The lowest BCUT2D eigenvalue weighted by atomic mass is 10.0. The average molecular weight is 234 g/mol. The molecule has 0 unspecified atom stereocenters. The van der Waals surface area contributed by atoms with Gasteiger partial charge in [-0.2, -0.15) is 0 Å². The van der Waals surface area contributed by atoms with Crippen molar-refractivity contribution in [3.8, 4) is 0 Å². The van der Waals surface area contributed by atoms with E-state index in [9.17, 15) is 4.79 Å². The van der Waals surface area contributed by atoms with Crippen molar-refractivity contribution >= 4 is 28.9 Å². The first kappa shape index (κ1) is 11.1. The average Bonchev–Trinajstić information content (AvgIpc) is 2.39. The summed E-state index contributed by atoms with van der Waals surface area (Å²) in [6, 6.07) is 7.97. The lowest BCUT2D eigenvalue weighted by Crippen LogP contribution is -2.44. The van der Waals surface area contributed by atoms with E-state index in [0.717, 1.165) is 5.69 Å². The third kappa shape index (κ3) is 1.59. The molecule has 84 valence electrons. The summed E-state index contributed by atoms with van der Waals surface area (Å²) in [6.45, 7) is 5.75. The highest BCUT2D eigenvalue weighted by Crippen LogP contribution is 2.28. The van der Waals surface area contributed by atoms with Crippen LogP contribution in [0.15, 0.2) is 24.3 Å². The lowest BCUT2D eigenvalue weighted by molar-refractivity contribution is -0.122. The van der Waals surface area contributed by atoms with Gasteiger partial charge >= 0.3 is 0 Å². The van der Waals surface area contributed by atoms with Gasteiger partial charge in [-0.15, -0.1) is 0 Å². The Bertz CT molecular complexity index is 451. The fourth-order valence-corrected chi connectivity index (χ4v) is 2.22. The maximum absolute atomic E-state index is 11.7. The topological polar surface area (TPSA) is 32.3 Å². The third-order valence-corrected chi connectivity index (χ3v) is 3.12. The molecule has 1 aromatic rings. The van der Waals surface area contributed by atoms with E-state index in [4.69, 9.17) is 12.2 Å². The molecule has 0 spiro atoms. The number of nitrogens with one attached hydrogen (secondary N) is 1. The SMILES string of the molecule is Cc1ccc(N2C(=S)NC(=O)C2(C)C)cc1. The summed E-state index contributed by atoms with van der Waals surface area (Å²) in [4.78, 5) is 13.6. The molecule has 0 saturated carbocycles. The van der Waals surface area contributed by atoms with Gasteiger partial charge < -0.3 is 10.2 Å². The Morgan fingerprint density at radius 3 is 2.25 bits per heavy atom. The molecule has 1 aliphatic rings. The van der Waals surface area contributed by atoms with Gasteiger partial charge in [0.2, 0.25) is 0 Å². The molecule has 3 nitrogen and oxygen atoms in total. The molecule has 4 heteroatoms. The lowest BCUT2D eigenvalue weighted by Gasteiger charge is -2.29. The number of aryl methyl sites for hydroxylation is 1. The third-order valence-electron chi connectivity index (χ3n) is 2.83. The molecule has 2 rings (SSSR count). The van der Waals surface area contributed by atoms with Crippen molar-refractivity contribution in [2.75, 3.05) is 4.90 Å². The molecule has 1 saturated heterocycles. The highest BCUT2D eigenvalue weighted by Gasteiger charge is 2.43. The molecule has 16 heavy (non-hydrogen) atoms. The first-order valence-corrected chi connectivity index (χ1v) is 5.56. The van der Waals surface area contributed by atoms with E-state index >= 15 is 0 Å². The van der Waals surface area contributed by atoms with Crippen molar-refractivity contribution < 1.29 is 4.79 Å². The van der Waals surface area contributed by atoms with E-state index < -0.39 is 5.54 Å². The monoisotopic (exact) mass is 234 g/mol. The Morgan fingerprint density at radius 1 is 1.25 bits per heavy atom. The second-order valence-electron chi connectivity index (χ2n) is 4.49. The minimum absolute atomic E-state index is 0.0573. The smallest absolute Gasteiger partial charge is 0.251 e. The van der Waals surface area contributed by atoms with Gasteiger partial charge in [0.1, 0.15) is 5.54 Å². The Kier molecular flexibility index (Phi) is 2.46. The summed E-state index contributed by atoms with van der Waals surface area (Å²) in [7, 11) is 0. The van der Waals surface area contributed by atoms with Crippen molar-refractivity contribution in [2.45, 2.75) is 26.3 Å². The molecule has 1 aromatic carbocycles. The molecule has 1 amide bonds. The predicted octanol–water partition coefficient (Wildman–Crippen LogP) is 1.99. The molecule has 1 heterocycles. The van der Waals surface area contributed by atoms with Crippen LogP contribution in [0.25, 0.3) is 0 Å². The number of thiocarbonyl (C=S) groups is 1. The summed E-state index contributed by atoms with van der Waals surface area (Å²) in [6.07, 6.45) is 0. The number of amides is 1. The van der Waals surface area contributed by atoms with Gasteiger partial charge in [-0.25, -0.2) is 0 Å². The van der Waals surface area contributed by atoms with Gasteiger partial charge in [0, 0.05) is 5.69 Å². The number of nitrogens with zero attached hydrogens (tertiary/aromatic N) is 1. The van der Waals surface area contributed by atoms with Crippen LogP contribution in [-0.4, -0.2) is 16.6 Å². The quantitative estimate of drug-likeness (QED) is 0.754. The zero-order chi connectivity index (χ0) is 11.9. The Hall–Kier alpha value is -1.42. The van der Waals surface area contributed by atoms with E-state index in [1.54, 1.807) is 0 Å². The fourth-order valence-electron chi connectivity index (χ4n) is 1.80. The van der Waals surface area contributed by atoms with Crippen LogP contribution < -0.4 is 10.2 Å². The first-order chi connectivity index (χ1) is 7.43. The van der Waals surface area contributed by atoms with Crippen LogP contribution in [0.5, 0.6) is 0 Å². The summed E-state index contributed by atoms with van der Waals surface area (Å²) >= 11 is 5.18. The van der Waals surface area contributed by atoms with Crippen LogP contribution in [0.3, 0.4) is 0 Å². The second kappa shape index (κ2) is 3.56. The van der Waals surface area contributed by atoms with Crippen molar-refractivity contribution in [3.05, 3.63) is 29.8 Å². The molecule has 0 atom stereocenters. The molecule has 0 bridgehead atoms. The molecular formula is C12H14N2OS. The maximum Gasteiger partial charge on any atom is 0.251 e. The molecule has 0 radical (unpaired) electrons. The normalized spacial score (nSPS) is 18.8. The van der Waals surface area contributed by atoms with Crippen LogP contribution in [0.4, 0.5) is 5.69 Å². The minimum Gasteiger partial charge on any atom is -0.304 e. The Balaban J connectivity index is 2.44. The molecule has 1 fully saturated rings. The van der Waals surface area contributed by atoms with Crippen molar-refractivity contribution in [3.63, 3.8) is 0 Å². The molecule has 1 N–H and O–H groups in total. The summed E-state index contributed by atoms with van der Waals surface area (Å²) in [5.41, 5.74) is 1.51. The van der Waals surface area contributed by atoms with Gasteiger partial charge in [0.25, 0.3) is 5.91 Å². The number of hydrogen-bond donors (Lipinski definition) is 1. The van der Waals surface area contributed by atoms with Crippen molar-refractivity contribution in [1.29, 1.82) is 0 Å². The molecule has 1 aliphatic heterocycles.